The molecule has 0 amide bonds. The average molecular weight is 343 g/mol. The largest absolute Gasteiger partial charge is 0.397 e. The molecule has 1 aliphatic rings. The molecule has 2 aromatic heterocycles. The zero-order valence-electron chi connectivity index (χ0n) is 13.2. The molecule has 4 rings (SSSR count). The van der Waals surface area contributed by atoms with E-state index in [0.29, 0.717) is 16.5 Å². The van der Waals surface area contributed by atoms with Gasteiger partial charge in [-0.05, 0) is 37.8 Å². The van der Waals surface area contributed by atoms with Crippen LogP contribution in [0.15, 0.2) is 30.5 Å². The molecule has 4 N–H and O–H groups in total. The highest BCUT2D eigenvalue weighted by molar-refractivity contribution is 6.30. The molecule has 0 aliphatic heterocycles. The van der Waals surface area contributed by atoms with E-state index in [1.54, 1.807) is 6.20 Å². The van der Waals surface area contributed by atoms with Gasteiger partial charge in [-0.25, -0.2) is 9.97 Å². The quantitative estimate of drug-likeness (QED) is 0.659. The summed E-state index contributed by atoms with van der Waals surface area (Å²) >= 11 is 6.11. The van der Waals surface area contributed by atoms with Crippen LogP contribution in [0.5, 0.6) is 0 Å². The van der Waals surface area contributed by atoms with Crippen molar-refractivity contribution < 1.29 is 5.11 Å². The molecule has 0 spiro atoms. The van der Waals surface area contributed by atoms with Crippen LogP contribution in [0, 0.1) is 0 Å². The number of rotatable bonds is 2. The Balaban J connectivity index is 1.86. The Kier molecular flexibility index (Phi) is 3.90. The molecule has 0 unspecified atom stereocenters. The van der Waals surface area contributed by atoms with Crippen LogP contribution in [0.1, 0.15) is 37.3 Å². The van der Waals surface area contributed by atoms with Crippen LogP contribution in [0.4, 0.5) is 5.69 Å². The lowest BCUT2D eigenvalue weighted by molar-refractivity contribution is 0.122. The Morgan fingerprint density at radius 1 is 1.17 bits per heavy atom. The fraction of sp³-hybridized carbons (Fsp3) is 0.333. The van der Waals surface area contributed by atoms with Gasteiger partial charge < -0.3 is 15.8 Å². The lowest BCUT2D eigenvalue weighted by Gasteiger charge is -2.25. The molecule has 0 atom stereocenters. The van der Waals surface area contributed by atoms with Gasteiger partial charge in [-0.1, -0.05) is 23.7 Å². The molecule has 3 aromatic rings. The second-order valence-electron chi connectivity index (χ2n) is 6.42. The van der Waals surface area contributed by atoms with Crippen LogP contribution in [0.25, 0.3) is 22.4 Å². The number of fused-ring (bicyclic) bond motifs is 1. The molecule has 5 nitrogen and oxygen atoms in total. The Morgan fingerprint density at radius 3 is 2.71 bits per heavy atom. The summed E-state index contributed by atoms with van der Waals surface area (Å²) in [6.45, 7) is 0. The predicted molar refractivity (Wildman–Crippen MR) is 96.0 cm³/mol. The van der Waals surface area contributed by atoms with Crippen molar-refractivity contribution in [1.29, 1.82) is 0 Å². The average Bonchev–Trinajstić information content (AvgIpc) is 2.96. The van der Waals surface area contributed by atoms with Crippen molar-refractivity contribution in [3.8, 4) is 11.4 Å². The summed E-state index contributed by atoms with van der Waals surface area (Å²) < 4.78 is 0. The van der Waals surface area contributed by atoms with Gasteiger partial charge in [0, 0.05) is 22.7 Å². The Bertz CT molecular complexity index is 884. The summed E-state index contributed by atoms with van der Waals surface area (Å²) in [6.07, 6.45) is 4.98. The van der Waals surface area contributed by atoms with Crippen LogP contribution in [-0.2, 0) is 0 Å². The number of hydrogen-bond acceptors (Lipinski definition) is 4. The molecule has 1 aliphatic carbocycles. The van der Waals surface area contributed by atoms with Gasteiger partial charge in [0.25, 0.3) is 0 Å². The number of hydrogen-bond donors (Lipinski definition) is 3. The van der Waals surface area contributed by atoms with Crippen molar-refractivity contribution in [2.45, 2.75) is 37.7 Å². The van der Waals surface area contributed by atoms with E-state index in [9.17, 15) is 5.11 Å². The summed E-state index contributed by atoms with van der Waals surface area (Å²) in [7, 11) is 0. The zero-order valence-corrected chi connectivity index (χ0v) is 13.9. The van der Waals surface area contributed by atoms with E-state index in [1.807, 2.05) is 24.3 Å². The topological polar surface area (TPSA) is 87.8 Å². The number of halogens is 1. The highest BCUT2D eigenvalue weighted by atomic mass is 35.5. The van der Waals surface area contributed by atoms with Gasteiger partial charge in [-0.2, -0.15) is 0 Å². The maximum Gasteiger partial charge on any atom is 0.161 e. The van der Waals surface area contributed by atoms with Crippen molar-refractivity contribution in [1.82, 2.24) is 15.0 Å². The van der Waals surface area contributed by atoms with E-state index in [0.717, 1.165) is 48.0 Å². The summed E-state index contributed by atoms with van der Waals surface area (Å²) in [5.41, 5.74) is 9.42. The lowest BCUT2D eigenvalue weighted by Crippen LogP contribution is -2.18. The molecule has 124 valence electrons. The molecule has 0 radical (unpaired) electrons. The number of nitrogens with zero attached hydrogens (tertiary/aromatic N) is 2. The standard InChI is InChI=1S/C18H19ClN4O/c19-12-3-1-2-11(8-12)17-22-16(10-4-6-13(24)7-5-10)15-14(20)9-21-18(15)23-17/h1-3,8-10,13,24H,4-7,20H2,(H,21,22,23). The molecule has 1 fully saturated rings. The molecule has 0 saturated heterocycles. The number of H-pyrrole nitrogens is 1. The number of nitrogen functional groups attached to an aromatic ring is 1. The number of aliphatic hydroxyl groups is 1. The number of anilines is 1. The van der Waals surface area contributed by atoms with E-state index >= 15 is 0 Å². The number of nitrogens with two attached hydrogens (primary N) is 1. The molecule has 2 heterocycles. The first kappa shape index (κ1) is 15.4. The number of aromatic amines is 1. The van der Waals surface area contributed by atoms with Crippen molar-refractivity contribution in [3.63, 3.8) is 0 Å². The van der Waals surface area contributed by atoms with Gasteiger partial charge in [0.1, 0.15) is 5.65 Å². The summed E-state index contributed by atoms with van der Waals surface area (Å²) in [5, 5.41) is 11.3. The fourth-order valence-electron chi connectivity index (χ4n) is 3.49. The molecule has 0 bridgehead atoms. The third kappa shape index (κ3) is 2.74. The second-order valence-corrected chi connectivity index (χ2v) is 6.85. The van der Waals surface area contributed by atoms with Gasteiger partial charge >= 0.3 is 0 Å². The van der Waals surface area contributed by atoms with E-state index in [4.69, 9.17) is 22.3 Å². The zero-order chi connectivity index (χ0) is 16.7. The molecular formula is C18H19ClN4O. The summed E-state index contributed by atoms with van der Waals surface area (Å²) in [4.78, 5) is 12.6. The highest BCUT2D eigenvalue weighted by Crippen LogP contribution is 2.38. The monoisotopic (exact) mass is 342 g/mol. The van der Waals surface area contributed by atoms with Crippen molar-refractivity contribution >= 4 is 28.3 Å². The minimum atomic E-state index is -0.199. The normalized spacial score (nSPS) is 21.2. The third-order valence-corrected chi connectivity index (χ3v) is 4.99. The molecule has 6 heteroatoms. The third-order valence-electron chi connectivity index (χ3n) is 4.76. The van der Waals surface area contributed by atoms with E-state index in [1.165, 1.54) is 0 Å². The van der Waals surface area contributed by atoms with E-state index in [-0.39, 0.29) is 12.0 Å². The minimum Gasteiger partial charge on any atom is -0.397 e. The molecule has 1 saturated carbocycles. The first-order chi connectivity index (χ1) is 11.6. The maximum atomic E-state index is 9.79. The first-order valence-electron chi connectivity index (χ1n) is 8.20. The Hall–Kier alpha value is -2.11. The van der Waals surface area contributed by atoms with Crippen molar-refractivity contribution in [3.05, 3.63) is 41.2 Å². The second kappa shape index (κ2) is 6.07. The minimum absolute atomic E-state index is 0.199. The van der Waals surface area contributed by atoms with Crippen LogP contribution >= 0.6 is 11.6 Å². The van der Waals surface area contributed by atoms with Crippen LogP contribution in [0.3, 0.4) is 0 Å². The van der Waals surface area contributed by atoms with Crippen LogP contribution < -0.4 is 5.73 Å². The number of nitrogens with one attached hydrogen (secondary N) is 1. The predicted octanol–water partition coefficient (Wildman–Crippen LogP) is 3.88. The summed E-state index contributed by atoms with van der Waals surface area (Å²) in [5.74, 6) is 0.933. The van der Waals surface area contributed by atoms with Crippen LogP contribution in [-0.4, -0.2) is 26.2 Å². The molecule has 24 heavy (non-hydrogen) atoms. The van der Waals surface area contributed by atoms with E-state index < -0.39 is 0 Å². The van der Waals surface area contributed by atoms with E-state index in [2.05, 4.69) is 9.97 Å². The number of aliphatic hydroxyl groups excluding tert-OH is 1. The molecular weight excluding hydrogens is 324 g/mol. The SMILES string of the molecule is Nc1c[nH]c2nc(-c3cccc(Cl)c3)nc(C3CCC(O)CC3)c12. The lowest BCUT2D eigenvalue weighted by atomic mass is 9.84. The van der Waals surface area contributed by atoms with Gasteiger partial charge in [-0.15, -0.1) is 0 Å². The van der Waals surface area contributed by atoms with Gasteiger partial charge in [0.15, 0.2) is 5.82 Å². The smallest absolute Gasteiger partial charge is 0.161 e. The van der Waals surface area contributed by atoms with Crippen LogP contribution in [0.2, 0.25) is 5.02 Å². The fourth-order valence-corrected chi connectivity index (χ4v) is 3.68. The van der Waals surface area contributed by atoms with Gasteiger partial charge in [0.2, 0.25) is 0 Å². The van der Waals surface area contributed by atoms with Gasteiger partial charge in [-0.3, -0.25) is 0 Å². The number of benzene rings is 1. The molecule has 1 aromatic carbocycles. The number of aromatic nitrogens is 3. The van der Waals surface area contributed by atoms with Crippen molar-refractivity contribution in [2.75, 3.05) is 5.73 Å². The maximum absolute atomic E-state index is 9.79. The Morgan fingerprint density at radius 2 is 1.96 bits per heavy atom. The van der Waals surface area contributed by atoms with Gasteiger partial charge in [0.05, 0.1) is 22.9 Å². The summed E-state index contributed by atoms with van der Waals surface area (Å²) in [6, 6.07) is 7.54. The van der Waals surface area contributed by atoms with Crippen molar-refractivity contribution in [2.24, 2.45) is 0 Å². The first-order valence-corrected chi connectivity index (χ1v) is 8.58. The Labute approximate surface area is 144 Å². The highest BCUT2D eigenvalue weighted by Gasteiger charge is 2.26.